The third-order valence-electron chi connectivity index (χ3n) is 5.36. The normalized spacial score (nSPS) is 9.40. The summed E-state index contributed by atoms with van der Waals surface area (Å²) in [5.74, 6) is 0. The average Bonchev–Trinajstić information content (AvgIpc) is 3.29. The van der Waals surface area contributed by atoms with E-state index in [1.54, 1.807) is 0 Å². The number of halogens is 2. The number of aryl methyl sites for hydroxylation is 2. The monoisotopic (exact) mass is 535 g/mol. The average molecular weight is 536 g/mol. The Bertz CT molecular complexity index is 1180. The summed E-state index contributed by atoms with van der Waals surface area (Å²) in [6, 6.07) is 40.5. The van der Waals surface area contributed by atoms with Crippen LogP contribution in [0.5, 0.6) is 0 Å². The van der Waals surface area contributed by atoms with Crippen molar-refractivity contribution in [2.75, 3.05) is 0 Å². The Balaban J connectivity index is 0.000000264. The molecule has 5 aromatic carbocycles. The van der Waals surface area contributed by atoms with Crippen molar-refractivity contribution >= 4 is 29.4 Å². The second-order valence-corrected chi connectivity index (χ2v) is 10.3. The largest absolute Gasteiger partial charge is 0.693 e. The zero-order chi connectivity index (χ0) is 24.8. The summed E-state index contributed by atoms with van der Waals surface area (Å²) in [6.45, 7) is 10.1. The van der Waals surface area contributed by atoms with Gasteiger partial charge >= 0.3 is 35.6 Å². The van der Waals surface area contributed by atoms with Gasteiger partial charge in [-0.3, -0.25) is 0 Å². The van der Waals surface area contributed by atoms with E-state index in [4.69, 9.17) is 18.6 Å². The van der Waals surface area contributed by atoms with Crippen LogP contribution in [0.3, 0.4) is 0 Å². The molecule has 1 nitrogen and oxygen atoms in total. The number of hydrogen-bond acceptors (Lipinski definition) is 0. The van der Waals surface area contributed by atoms with Crippen LogP contribution in [-0.4, -0.2) is 0 Å². The van der Waals surface area contributed by atoms with Gasteiger partial charge in [0.15, 0.2) is 0 Å². The Kier molecular flexibility index (Phi) is 15.0. The molecule has 0 saturated heterocycles. The van der Waals surface area contributed by atoms with Crippen molar-refractivity contribution in [3.05, 3.63) is 151 Å². The van der Waals surface area contributed by atoms with E-state index < -0.39 is 17.0 Å². The fourth-order valence-electron chi connectivity index (χ4n) is 3.25. The van der Waals surface area contributed by atoms with Gasteiger partial charge in [-0.2, -0.15) is 59.5 Å². The Hall–Kier alpha value is -2.39. The fourth-order valence-corrected chi connectivity index (χ4v) is 3.25. The molecule has 0 amide bonds. The molecule has 0 fully saturated rings. The first-order chi connectivity index (χ1) is 16.5. The van der Waals surface area contributed by atoms with E-state index in [-0.39, 0.29) is 6.15 Å². The van der Waals surface area contributed by atoms with E-state index in [0.29, 0.717) is 0 Å². The third kappa shape index (κ3) is 10.8. The molecule has 0 atom stereocenters. The Morgan fingerprint density at radius 1 is 0.771 bits per heavy atom. The van der Waals surface area contributed by atoms with Crippen LogP contribution >= 0.6 is 18.6 Å². The Labute approximate surface area is 227 Å². The van der Waals surface area contributed by atoms with Crippen molar-refractivity contribution in [3.8, 4) is 11.1 Å². The van der Waals surface area contributed by atoms with Crippen molar-refractivity contribution in [1.29, 1.82) is 0 Å². The maximum Gasteiger partial charge on any atom is -0.0635 e. The van der Waals surface area contributed by atoms with Crippen LogP contribution in [0.4, 0.5) is 0 Å². The second kappa shape index (κ2) is 17.1. The van der Waals surface area contributed by atoms with E-state index in [9.17, 15) is 0 Å². The molecule has 5 aromatic rings. The first kappa shape index (κ1) is 30.6. The number of fused-ring (bicyclic) bond motifs is 1. The van der Waals surface area contributed by atoms with E-state index in [1.807, 2.05) is 42.5 Å². The van der Waals surface area contributed by atoms with E-state index >= 15 is 0 Å². The van der Waals surface area contributed by atoms with Crippen LogP contribution in [0.25, 0.3) is 28.0 Å². The molecule has 0 radical (unpaired) electrons. The molecule has 5 rings (SSSR count). The second-order valence-electron chi connectivity index (χ2n) is 7.71. The van der Waals surface area contributed by atoms with Crippen molar-refractivity contribution in [2.24, 2.45) is 0 Å². The van der Waals surface area contributed by atoms with Crippen molar-refractivity contribution in [1.82, 2.24) is 0 Å². The van der Waals surface area contributed by atoms with Gasteiger partial charge in [-0.1, -0.05) is 80.9 Å². The van der Waals surface area contributed by atoms with Crippen molar-refractivity contribution < 1.29 is 17.0 Å². The van der Waals surface area contributed by atoms with Gasteiger partial charge in [0.1, 0.15) is 0 Å². The van der Waals surface area contributed by atoms with Gasteiger partial charge in [-0.15, -0.1) is 46.7 Å². The van der Waals surface area contributed by atoms with Crippen LogP contribution in [0.2, 0.25) is 0 Å². The van der Waals surface area contributed by atoms with Gasteiger partial charge in [0, 0.05) is 0 Å². The van der Waals surface area contributed by atoms with E-state index in [2.05, 4.69) is 100 Å². The number of benzene rings is 4. The summed E-state index contributed by atoms with van der Waals surface area (Å²) in [7, 11) is 9.78. The summed E-state index contributed by atoms with van der Waals surface area (Å²) >= 11 is -0.556. The Morgan fingerprint density at radius 2 is 1.31 bits per heavy atom. The molecular weight excluding hydrogens is 505 g/mol. The molecule has 0 aliphatic heterocycles. The Morgan fingerprint density at radius 3 is 1.80 bits per heavy atom. The van der Waals surface area contributed by atoms with Gasteiger partial charge in [-0.05, 0) is 0 Å². The van der Waals surface area contributed by atoms with E-state index in [0.717, 1.165) is 5.56 Å². The first-order valence-electron chi connectivity index (χ1n) is 10.9. The first-order valence-corrected chi connectivity index (χ1v) is 15.2. The summed E-state index contributed by atoms with van der Waals surface area (Å²) in [6.07, 6.45) is 0. The predicted octanol–water partition coefficient (Wildman–Crippen LogP) is 10.6. The van der Waals surface area contributed by atoms with Crippen LogP contribution < -0.4 is 0 Å². The summed E-state index contributed by atoms with van der Waals surface area (Å²) in [5, 5.41) is 2.63. The van der Waals surface area contributed by atoms with Gasteiger partial charge in [0.25, 0.3) is 0 Å². The quantitative estimate of drug-likeness (QED) is 0.151. The molecule has 2 N–H and O–H groups in total. The van der Waals surface area contributed by atoms with Crippen molar-refractivity contribution in [3.63, 3.8) is 0 Å². The van der Waals surface area contributed by atoms with Gasteiger partial charge in [0.05, 0.1) is 0 Å². The smallest absolute Gasteiger partial charge is 0.0635 e. The van der Waals surface area contributed by atoms with Crippen LogP contribution in [0, 0.1) is 33.8 Å². The minimum absolute atomic E-state index is 0. The molecule has 178 valence electrons. The standard InChI is InChI=1S/C15H11.C9H11.C7H7.2ClH.H2N.Ti/c1-2-6-12(7-3-1)15-10-13-8-4-5-9-14(13)11-15;1-7-5-4-6-8(2)9(7)3;1-7-5-3-2-4-6-7;;;;/h1-11H;4-5H,1-3H3;2-6H,1H2;2*1H;1H2;/q3*-1;;;-1;+6/p-2. The summed E-state index contributed by atoms with van der Waals surface area (Å²) in [4.78, 5) is 0. The molecule has 0 aliphatic rings. The minimum atomic E-state index is -0.556. The third-order valence-corrected chi connectivity index (χ3v) is 5.36. The zero-order valence-corrected chi connectivity index (χ0v) is 23.5. The van der Waals surface area contributed by atoms with Crippen LogP contribution in [-0.2, 0) is 17.0 Å². The maximum absolute atomic E-state index is 4.89. The number of hydrogen-bond donors (Lipinski definition) is 0. The minimum Gasteiger partial charge on any atom is -0.693 e. The molecule has 0 heterocycles. The predicted molar refractivity (Wildman–Crippen MR) is 152 cm³/mol. The van der Waals surface area contributed by atoms with Gasteiger partial charge < -0.3 is 6.15 Å². The molecule has 0 aromatic heterocycles. The van der Waals surface area contributed by atoms with Gasteiger partial charge in [-0.25, -0.2) is 0 Å². The zero-order valence-electron chi connectivity index (χ0n) is 20.4. The van der Waals surface area contributed by atoms with Gasteiger partial charge in [0.2, 0.25) is 0 Å². The van der Waals surface area contributed by atoms with Crippen LogP contribution in [0.1, 0.15) is 22.3 Å². The fraction of sp³-hybridized carbons (Fsp3) is 0.0968. The van der Waals surface area contributed by atoms with E-state index in [1.165, 1.54) is 38.6 Å². The molecular formula is C31H31Cl2NTi. The number of rotatable bonds is 1. The maximum atomic E-state index is 4.89. The SMILES string of the molecule is Cc1[c-]ccc(C)c1C.[CH2-]c1ccccc1.[Cl][Ti+4][Cl].[NH2-].c1ccc(-c2cc3ccccc3[cH-]2)cc1. The van der Waals surface area contributed by atoms with Crippen LogP contribution in [0.15, 0.2) is 109 Å². The molecule has 4 heteroatoms. The topological polar surface area (TPSA) is 33.5 Å². The molecule has 0 unspecified atom stereocenters. The molecule has 0 bridgehead atoms. The molecule has 0 spiro atoms. The molecule has 0 saturated carbocycles. The molecule has 0 aliphatic carbocycles. The van der Waals surface area contributed by atoms with Crippen molar-refractivity contribution in [2.45, 2.75) is 20.8 Å². The molecule has 35 heavy (non-hydrogen) atoms. The summed E-state index contributed by atoms with van der Waals surface area (Å²) < 4.78 is 0. The summed E-state index contributed by atoms with van der Waals surface area (Å²) in [5.41, 5.74) is 7.63. The number of nitrogens with two attached hydrogens (primary N) is 1.